The fourth-order valence-corrected chi connectivity index (χ4v) is 3.28. The highest BCUT2D eigenvalue weighted by Crippen LogP contribution is 2.36. The van der Waals surface area contributed by atoms with E-state index in [4.69, 9.17) is 0 Å². The Balaban J connectivity index is 2.01. The maximum absolute atomic E-state index is 13.1. The summed E-state index contributed by atoms with van der Waals surface area (Å²) in [7, 11) is 0. The van der Waals surface area contributed by atoms with E-state index in [1.165, 1.54) is 11.1 Å². The van der Waals surface area contributed by atoms with Gasteiger partial charge in [0.15, 0.2) is 5.65 Å². The molecule has 3 aromatic rings. The van der Waals surface area contributed by atoms with Gasteiger partial charge in [-0.2, -0.15) is 0 Å². The number of aryl methyl sites for hydroxylation is 2. The summed E-state index contributed by atoms with van der Waals surface area (Å²) in [5.74, 6) is 0. The van der Waals surface area contributed by atoms with Crippen LogP contribution in [0.3, 0.4) is 0 Å². The van der Waals surface area contributed by atoms with Crippen molar-refractivity contribution >= 4 is 11.2 Å². The van der Waals surface area contributed by atoms with Gasteiger partial charge < -0.3 is 0 Å². The molecule has 0 atom stereocenters. The lowest BCUT2D eigenvalue weighted by molar-refractivity contribution is 0.725. The lowest BCUT2D eigenvalue weighted by atomic mass is 9.98. The van der Waals surface area contributed by atoms with Crippen LogP contribution in [0.15, 0.2) is 41.3 Å². The lowest BCUT2D eigenvalue weighted by Gasteiger charge is -2.13. The third-order valence-electron chi connectivity index (χ3n) is 4.77. The summed E-state index contributed by atoms with van der Waals surface area (Å²) in [6.45, 7) is 4.27. The van der Waals surface area contributed by atoms with Crippen molar-refractivity contribution < 1.29 is 0 Å². The molecule has 0 aliphatic heterocycles. The number of hydrogen-bond acceptors (Lipinski definition) is 3. The molecule has 24 heavy (non-hydrogen) atoms. The maximum Gasteiger partial charge on any atom is 0.279 e. The van der Waals surface area contributed by atoms with Crippen molar-refractivity contribution in [3.05, 3.63) is 58.0 Å². The molecule has 4 heteroatoms. The highest BCUT2D eigenvalue weighted by Gasteiger charge is 2.28. The Morgan fingerprint density at radius 1 is 1.17 bits per heavy atom. The predicted molar refractivity (Wildman–Crippen MR) is 96.3 cm³/mol. The lowest BCUT2D eigenvalue weighted by Crippen LogP contribution is -2.24. The van der Waals surface area contributed by atoms with Crippen LogP contribution in [0.1, 0.15) is 43.9 Å². The fraction of sp³-hybridized carbons (Fsp3) is 0.350. The first kappa shape index (κ1) is 15.1. The van der Waals surface area contributed by atoms with Gasteiger partial charge in [0, 0.05) is 17.8 Å². The Labute approximate surface area is 141 Å². The Hall–Kier alpha value is -2.49. The molecular weight excluding hydrogens is 298 g/mol. The first-order chi connectivity index (χ1) is 11.7. The summed E-state index contributed by atoms with van der Waals surface area (Å²) in [4.78, 5) is 22.2. The molecule has 0 N–H and O–H groups in total. The standard InChI is InChI=1S/C20H21N3O/c1-3-13-7-10-16(14(4-2)12-13)18-20(24)23(15-8-9-15)19-17(22-18)6-5-11-21-19/h5-7,10-12,15H,3-4,8-9H2,1-2H3. The second kappa shape index (κ2) is 5.86. The summed E-state index contributed by atoms with van der Waals surface area (Å²) in [5, 5.41) is 0. The van der Waals surface area contributed by atoms with E-state index in [0.29, 0.717) is 11.3 Å². The van der Waals surface area contributed by atoms with Crippen molar-refractivity contribution in [1.82, 2.24) is 14.5 Å². The highest BCUT2D eigenvalue weighted by atomic mass is 16.1. The van der Waals surface area contributed by atoms with Crippen molar-refractivity contribution in [1.29, 1.82) is 0 Å². The number of rotatable bonds is 4. The Morgan fingerprint density at radius 2 is 2.00 bits per heavy atom. The zero-order chi connectivity index (χ0) is 16.7. The number of pyridine rings is 1. The summed E-state index contributed by atoms with van der Waals surface area (Å²) in [6.07, 6.45) is 5.71. The van der Waals surface area contributed by atoms with Gasteiger partial charge >= 0.3 is 0 Å². The molecule has 4 rings (SSSR count). The number of benzene rings is 1. The van der Waals surface area contributed by atoms with Crippen molar-refractivity contribution in [3.8, 4) is 11.3 Å². The first-order valence-corrected chi connectivity index (χ1v) is 8.72. The fourth-order valence-electron chi connectivity index (χ4n) is 3.28. The van der Waals surface area contributed by atoms with Crippen molar-refractivity contribution in [3.63, 3.8) is 0 Å². The van der Waals surface area contributed by atoms with Gasteiger partial charge in [-0.3, -0.25) is 9.36 Å². The molecule has 1 aromatic carbocycles. The van der Waals surface area contributed by atoms with Crippen LogP contribution in [0.2, 0.25) is 0 Å². The van der Waals surface area contributed by atoms with E-state index >= 15 is 0 Å². The molecule has 2 heterocycles. The minimum Gasteiger partial charge on any atom is -0.286 e. The van der Waals surface area contributed by atoms with Crippen molar-refractivity contribution in [2.45, 2.75) is 45.6 Å². The molecule has 0 bridgehead atoms. The van der Waals surface area contributed by atoms with Crippen LogP contribution >= 0.6 is 0 Å². The summed E-state index contributed by atoms with van der Waals surface area (Å²) in [6, 6.07) is 10.4. The predicted octanol–water partition coefficient (Wildman–Crippen LogP) is 3.92. The van der Waals surface area contributed by atoms with Crippen LogP contribution in [0, 0.1) is 0 Å². The average Bonchev–Trinajstić information content (AvgIpc) is 3.45. The Bertz CT molecular complexity index is 970. The average molecular weight is 319 g/mol. The van der Waals surface area contributed by atoms with E-state index in [1.807, 2.05) is 16.7 Å². The molecule has 0 saturated heterocycles. The minimum atomic E-state index is -0.0114. The minimum absolute atomic E-state index is 0.0114. The summed E-state index contributed by atoms with van der Waals surface area (Å²) >= 11 is 0. The van der Waals surface area contributed by atoms with E-state index in [0.717, 1.165) is 36.8 Å². The van der Waals surface area contributed by atoms with Crippen LogP contribution in [-0.4, -0.2) is 14.5 Å². The summed E-state index contributed by atoms with van der Waals surface area (Å²) in [5.41, 5.74) is 5.48. The second-order valence-corrected chi connectivity index (χ2v) is 6.41. The molecule has 122 valence electrons. The summed E-state index contributed by atoms with van der Waals surface area (Å²) < 4.78 is 1.85. The molecule has 1 aliphatic carbocycles. The molecule has 1 saturated carbocycles. The number of aromatic nitrogens is 3. The van der Waals surface area contributed by atoms with E-state index in [2.05, 4.69) is 42.0 Å². The second-order valence-electron chi connectivity index (χ2n) is 6.41. The number of hydrogen-bond donors (Lipinski definition) is 0. The van der Waals surface area contributed by atoms with Crippen LogP contribution < -0.4 is 5.56 Å². The van der Waals surface area contributed by atoms with Crippen LogP contribution in [0.4, 0.5) is 0 Å². The van der Waals surface area contributed by atoms with Crippen LogP contribution in [-0.2, 0) is 12.8 Å². The molecule has 2 aromatic heterocycles. The smallest absolute Gasteiger partial charge is 0.279 e. The monoisotopic (exact) mass is 319 g/mol. The molecule has 0 amide bonds. The van der Waals surface area contributed by atoms with Gasteiger partial charge in [-0.25, -0.2) is 9.97 Å². The van der Waals surface area contributed by atoms with Crippen molar-refractivity contribution in [2.75, 3.05) is 0 Å². The van der Waals surface area contributed by atoms with Crippen LogP contribution in [0.25, 0.3) is 22.4 Å². The van der Waals surface area contributed by atoms with E-state index in [9.17, 15) is 4.79 Å². The quantitative estimate of drug-likeness (QED) is 0.732. The molecule has 1 fully saturated rings. The van der Waals surface area contributed by atoms with Gasteiger partial charge in [0.05, 0.1) is 0 Å². The third kappa shape index (κ3) is 2.42. The topological polar surface area (TPSA) is 47.8 Å². The van der Waals surface area contributed by atoms with Gasteiger partial charge in [-0.1, -0.05) is 32.0 Å². The normalized spacial score (nSPS) is 14.2. The van der Waals surface area contributed by atoms with Crippen molar-refractivity contribution in [2.24, 2.45) is 0 Å². The van der Waals surface area contributed by atoms with Crippen LogP contribution in [0.5, 0.6) is 0 Å². The van der Waals surface area contributed by atoms with E-state index < -0.39 is 0 Å². The Kier molecular flexibility index (Phi) is 3.68. The zero-order valence-corrected chi connectivity index (χ0v) is 14.1. The third-order valence-corrected chi connectivity index (χ3v) is 4.77. The van der Waals surface area contributed by atoms with Gasteiger partial charge in [-0.15, -0.1) is 0 Å². The molecule has 4 nitrogen and oxygen atoms in total. The van der Waals surface area contributed by atoms with Gasteiger partial charge in [0.1, 0.15) is 11.2 Å². The highest BCUT2D eigenvalue weighted by molar-refractivity contribution is 5.75. The van der Waals surface area contributed by atoms with Gasteiger partial charge in [-0.05, 0) is 48.9 Å². The number of nitrogens with zero attached hydrogens (tertiary/aromatic N) is 3. The molecule has 0 unspecified atom stereocenters. The molecular formula is C20H21N3O. The molecule has 0 radical (unpaired) electrons. The largest absolute Gasteiger partial charge is 0.286 e. The zero-order valence-electron chi connectivity index (χ0n) is 14.1. The maximum atomic E-state index is 13.1. The van der Waals surface area contributed by atoms with E-state index in [1.54, 1.807) is 6.20 Å². The van der Waals surface area contributed by atoms with Gasteiger partial charge in [0.2, 0.25) is 0 Å². The van der Waals surface area contributed by atoms with E-state index in [-0.39, 0.29) is 11.6 Å². The molecule has 0 spiro atoms. The Morgan fingerprint density at radius 3 is 2.71 bits per heavy atom. The van der Waals surface area contributed by atoms with Gasteiger partial charge in [0.25, 0.3) is 5.56 Å². The number of fused-ring (bicyclic) bond motifs is 1. The first-order valence-electron chi connectivity index (χ1n) is 8.72. The SMILES string of the molecule is CCc1ccc(-c2nc3cccnc3n(C3CC3)c2=O)c(CC)c1. The molecule has 1 aliphatic rings.